The van der Waals surface area contributed by atoms with Crippen LogP contribution in [0.3, 0.4) is 0 Å². The summed E-state index contributed by atoms with van der Waals surface area (Å²) in [5.41, 5.74) is 5.33. The van der Waals surface area contributed by atoms with Crippen molar-refractivity contribution in [3.05, 3.63) is 0 Å². The van der Waals surface area contributed by atoms with E-state index >= 15 is 0 Å². The van der Waals surface area contributed by atoms with Crippen molar-refractivity contribution in [3.8, 4) is 0 Å². The molecule has 2 aliphatic heterocycles. The molecule has 2 saturated heterocycles. The van der Waals surface area contributed by atoms with Crippen LogP contribution in [0.1, 0.15) is 19.3 Å². The van der Waals surface area contributed by atoms with E-state index in [2.05, 4.69) is 5.32 Å². The highest BCUT2D eigenvalue weighted by molar-refractivity contribution is 7.91. The zero-order chi connectivity index (χ0) is 13.2. The van der Waals surface area contributed by atoms with Crippen LogP contribution in [0, 0.1) is 5.92 Å². The maximum absolute atomic E-state index is 12.1. The van der Waals surface area contributed by atoms with Crippen LogP contribution in [0.2, 0.25) is 0 Å². The molecule has 0 saturated carbocycles. The zero-order valence-corrected chi connectivity index (χ0v) is 11.2. The lowest BCUT2D eigenvalue weighted by molar-refractivity contribution is -0.127. The second-order valence-corrected chi connectivity index (χ2v) is 7.41. The van der Waals surface area contributed by atoms with E-state index < -0.39 is 21.3 Å². The standard InChI is InChI=1S/C11H20N2O4S/c12-8-11(2-4-17-5-3-11)13-10(14)9-1-6-18(15,16)7-9/h9H,1-8,12H2,(H,13,14). The molecule has 7 heteroatoms. The molecule has 0 spiro atoms. The summed E-state index contributed by atoms with van der Waals surface area (Å²) >= 11 is 0. The molecular formula is C11H20N2O4S. The minimum Gasteiger partial charge on any atom is -0.381 e. The highest BCUT2D eigenvalue weighted by Gasteiger charge is 2.38. The van der Waals surface area contributed by atoms with Gasteiger partial charge in [-0.2, -0.15) is 0 Å². The quantitative estimate of drug-likeness (QED) is 0.692. The molecule has 0 aromatic carbocycles. The summed E-state index contributed by atoms with van der Waals surface area (Å²) in [4.78, 5) is 12.1. The average molecular weight is 276 g/mol. The second kappa shape index (κ2) is 5.14. The van der Waals surface area contributed by atoms with Crippen LogP contribution in [0.5, 0.6) is 0 Å². The lowest BCUT2D eigenvalue weighted by Crippen LogP contribution is -2.58. The molecule has 2 fully saturated rings. The van der Waals surface area contributed by atoms with E-state index in [1.165, 1.54) is 0 Å². The summed E-state index contributed by atoms with van der Waals surface area (Å²) in [6, 6.07) is 0. The minimum atomic E-state index is -3.02. The van der Waals surface area contributed by atoms with Crippen LogP contribution in [0.4, 0.5) is 0 Å². The summed E-state index contributed by atoms with van der Waals surface area (Å²) in [6.07, 6.45) is 1.80. The van der Waals surface area contributed by atoms with E-state index in [1.54, 1.807) is 0 Å². The van der Waals surface area contributed by atoms with Crippen molar-refractivity contribution in [1.29, 1.82) is 0 Å². The van der Waals surface area contributed by atoms with E-state index in [0.717, 1.165) is 0 Å². The third-order valence-corrected chi connectivity index (χ3v) is 5.60. The topological polar surface area (TPSA) is 98.5 Å². The first-order valence-electron chi connectivity index (χ1n) is 6.27. The van der Waals surface area contributed by atoms with Crippen molar-refractivity contribution in [2.75, 3.05) is 31.3 Å². The van der Waals surface area contributed by atoms with Crippen molar-refractivity contribution in [2.45, 2.75) is 24.8 Å². The Morgan fingerprint density at radius 1 is 1.39 bits per heavy atom. The van der Waals surface area contributed by atoms with Gasteiger partial charge in [0, 0.05) is 19.8 Å². The first kappa shape index (κ1) is 13.8. The third kappa shape index (κ3) is 3.02. The van der Waals surface area contributed by atoms with E-state index in [-0.39, 0.29) is 17.4 Å². The Hall–Kier alpha value is -0.660. The highest BCUT2D eigenvalue weighted by Crippen LogP contribution is 2.23. The Kier molecular flexibility index (Phi) is 3.93. The second-order valence-electron chi connectivity index (χ2n) is 5.19. The first-order chi connectivity index (χ1) is 8.46. The van der Waals surface area contributed by atoms with Crippen molar-refractivity contribution >= 4 is 15.7 Å². The van der Waals surface area contributed by atoms with Gasteiger partial charge in [0.25, 0.3) is 0 Å². The van der Waals surface area contributed by atoms with Gasteiger partial charge in [-0.05, 0) is 19.3 Å². The van der Waals surface area contributed by atoms with Gasteiger partial charge in [0.15, 0.2) is 9.84 Å². The predicted molar refractivity (Wildman–Crippen MR) is 66.7 cm³/mol. The molecule has 3 N–H and O–H groups in total. The third-order valence-electron chi connectivity index (χ3n) is 3.83. The van der Waals surface area contributed by atoms with Gasteiger partial charge in [0.1, 0.15) is 0 Å². The van der Waals surface area contributed by atoms with Gasteiger partial charge in [-0.15, -0.1) is 0 Å². The van der Waals surface area contributed by atoms with Gasteiger partial charge in [-0.25, -0.2) is 8.42 Å². The Labute approximate surface area is 107 Å². The number of sulfone groups is 1. The predicted octanol–water partition coefficient (Wildman–Crippen LogP) is -0.955. The molecule has 0 radical (unpaired) electrons. The van der Waals surface area contributed by atoms with Crippen LogP contribution >= 0.6 is 0 Å². The van der Waals surface area contributed by atoms with Gasteiger partial charge in [0.2, 0.25) is 5.91 Å². The zero-order valence-electron chi connectivity index (χ0n) is 10.4. The van der Waals surface area contributed by atoms with Crippen LogP contribution in [0.15, 0.2) is 0 Å². The first-order valence-corrected chi connectivity index (χ1v) is 8.09. The molecule has 0 aliphatic carbocycles. The molecule has 2 aliphatic rings. The number of carbonyl (C=O) groups is 1. The van der Waals surface area contributed by atoms with E-state index in [1.807, 2.05) is 0 Å². The van der Waals surface area contributed by atoms with Gasteiger partial charge < -0.3 is 15.8 Å². The lowest BCUT2D eigenvalue weighted by atomic mass is 9.89. The fourth-order valence-electron chi connectivity index (χ4n) is 2.51. The number of amides is 1. The van der Waals surface area contributed by atoms with E-state index in [9.17, 15) is 13.2 Å². The molecule has 18 heavy (non-hydrogen) atoms. The van der Waals surface area contributed by atoms with Gasteiger partial charge >= 0.3 is 0 Å². The van der Waals surface area contributed by atoms with Gasteiger partial charge in [0.05, 0.1) is 23.0 Å². The maximum atomic E-state index is 12.1. The molecule has 6 nitrogen and oxygen atoms in total. The molecule has 2 rings (SSSR count). The Morgan fingerprint density at radius 3 is 2.56 bits per heavy atom. The normalized spacial score (nSPS) is 29.9. The van der Waals surface area contributed by atoms with Crippen molar-refractivity contribution in [2.24, 2.45) is 11.7 Å². The van der Waals surface area contributed by atoms with Crippen LogP contribution < -0.4 is 11.1 Å². The number of carbonyl (C=O) groups excluding carboxylic acids is 1. The summed E-state index contributed by atoms with van der Waals surface area (Å²) < 4.78 is 28.0. The molecule has 0 bridgehead atoms. The number of nitrogens with two attached hydrogens (primary N) is 1. The van der Waals surface area contributed by atoms with Crippen LogP contribution in [0.25, 0.3) is 0 Å². The van der Waals surface area contributed by atoms with E-state index in [0.29, 0.717) is 39.0 Å². The molecule has 2 heterocycles. The van der Waals surface area contributed by atoms with Crippen molar-refractivity contribution in [1.82, 2.24) is 5.32 Å². The number of hydrogen-bond donors (Lipinski definition) is 2. The molecular weight excluding hydrogens is 256 g/mol. The van der Waals surface area contributed by atoms with Crippen LogP contribution in [-0.4, -0.2) is 51.1 Å². The van der Waals surface area contributed by atoms with Crippen LogP contribution in [-0.2, 0) is 19.4 Å². The van der Waals surface area contributed by atoms with E-state index in [4.69, 9.17) is 10.5 Å². The lowest BCUT2D eigenvalue weighted by Gasteiger charge is -2.37. The number of rotatable bonds is 3. The maximum Gasteiger partial charge on any atom is 0.224 e. The average Bonchev–Trinajstić information content (AvgIpc) is 2.71. The molecule has 104 valence electrons. The Bertz CT molecular complexity index is 415. The SMILES string of the molecule is NCC1(NC(=O)C2CCS(=O)(=O)C2)CCOCC1. The number of hydrogen-bond acceptors (Lipinski definition) is 5. The summed E-state index contributed by atoms with van der Waals surface area (Å²) in [5.74, 6) is -0.510. The highest BCUT2D eigenvalue weighted by atomic mass is 32.2. The van der Waals surface area contributed by atoms with Gasteiger partial charge in [-0.1, -0.05) is 0 Å². The monoisotopic (exact) mass is 276 g/mol. The summed E-state index contributed by atoms with van der Waals surface area (Å²) in [6.45, 7) is 1.53. The summed E-state index contributed by atoms with van der Waals surface area (Å²) in [7, 11) is -3.02. The molecule has 1 unspecified atom stereocenters. The largest absolute Gasteiger partial charge is 0.381 e. The Balaban J connectivity index is 1.98. The molecule has 1 amide bonds. The van der Waals surface area contributed by atoms with Crippen molar-refractivity contribution < 1.29 is 17.9 Å². The number of nitrogens with one attached hydrogen (secondary N) is 1. The van der Waals surface area contributed by atoms with Crippen molar-refractivity contribution in [3.63, 3.8) is 0 Å². The fourth-order valence-corrected chi connectivity index (χ4v) is 4.25. The molecule has 0 aromatic heterocycles. The minimum absolute atomic E-state index is 0.0318. The fraction of sp³-hybridized carbons (Fsp3) is 0.909. The number of ether oxygens (including phenoxy) is 1. The molecule has 1 atom stereocenters. The Morgan fingerprint density at radius 2 is 2.06 bits per heavy atom. The van der Waals surface area contributed by atoms with Gasteiger partial charge in [-0.3, -0.25) is 4.79 Å². The molecule has 0 aromatic rings. The smallest absolute Gasteiger partial charge is 0.224 e. The summed E-state index contributed by atoms with van der Waals surface area (Å²) in [5, 5.41) is 2.95.